The zero-order valence-corrected chi connectivity index (χ0v) is 21.4. The van der Waals surface area contributed by atoms with Crippen LogP contribution >= 0.6 is 38.5 Å². The molecule has 9 heteroatoms. The predicted molar refractivity (Wildman–Crippen MR) is 142 cm³/mol. The number of para-hydroxylation sites is 1. The minimum Gasteiger partial charge on any atom is -0.453 e. The molecular weight excluding hydrogens is 613 g/mol. The number of nitrogens with zero attached hydrogens (tertiary/aromatic N) is 3. The Balaban J connectivity index is 1.65. The van der Waals surface area contributed by atoms with Crippen LogP contribution in [0.15, 0.2) is 85.5 Å². The summed E-state index contributed by atoms with van der Waals surface area (Å²) >= 11 is 5.55. The highest BCUT2D eigenvalue weighted by atomic mass is 127. The molecule has 0 fully saturated rings. The first-order valence-corrected chi connectivity index (χ1v) is 12.0. The van der Waals surface area contributed by atoms with E-state index >= 15 is 0 Å². The molecule has 0 radical (unpaired) electrons. The number of furan rings is 1. The molecule has 0 aliphatic heterocycles. The van der Waals surface area contributed by atoms with Crippen LogP contribution in [0.25, 0.3) is 33.5 Å². The zero-order valence-electron chi connectivity index (χ0n) is 17.7. The summed E-state index contributed by atoms with van der Waals surface area (Å²) < 4.78 is 14.1. The molecule has 168 valence electrons. The van der Waals surface area contributed by atoms with Crippen molar-refractivity contribution in [1.82, 2.24) is 9.66 Å². The smallest absolute Gasteiger partial charge is 0.308 e. The van der Waals surface area contributed by atoms with Crippen LogP contribution in [0.4, 0.5) is 0 Å². The summed E-state index contributed by atoms with van der Waals surface area (Å²) in [6, 6.07) is 19.9. The van der Waals surface area contributed by atoms with Gasteiger partial charge in [0.15, 0.2) is 5.76 Å². The van der Waals surface area contributed by atoms with E-state index < -0.39 is 5.97 Å². The normalized spacial score (nSPS) is 11.5. The van der Waals surface area contributed by atoms with E-state index in [2.05, 4.69) is 48.6 Å². The van der Waals surface area contributed by atoms with E-state index in [1.807, 2.05) is 30.3 Å². The maximum atomic E-state index is 13.4. The first-order valence-electron chi connectivity index (χ1n) is 10.1. The maximum absolute atomic E-state index is 13.4. The molecular formula is C25H15BrIN3O4. The third-order valence-corrected chi connectivity index (χ3v) is 6.32. The molecule has 0 N–H and O–H groups in total. The maximum Gasteiger partial charge on any atom is 0.308 e. The first-order chi connectivity index (χ1) is 16.4. The summed E-state index contributed by atoms with van der Waals surface area (Å²) in [7, 11) is 0. The Morgan fingerprint density at radius 1 is 1.15 bits per heavy atom. The number of fused-ring (bicyclic) bond motifs is 2. The topological polar surface area (TPSA) is 86.7 Å². The fourth-order valence-corrected chi connectivity index (χ4v) is 4.50. The monoisotopic (exact) mass is 627 g/mol. The van der Waals surface area contributed by atoms with E-state index in [-0.39, 0.29) is 5.56 Å². The van der Waals surface area contributed by atoms with Gasteiger partial charge >= 0.3 is 5.97 Å². The Morgan fingerprint density at radius 2 is 1.97 bits per heavy atom. The van der Waals surface area contributed by atoms with Crippen LogP contribution in [0.5, 0.6) is 5.75 Å². The largest absolute Gasteiger partial charge is 0.453 e. The molecule has 2 heterocycles. The number of ether oxygens (including phenoxy) is 1. The van der Waals surface area contributed by atoms with Crippen molar-refractivity contribution in [2.24, 2.45) is 5.10 Å². The molecule has 0 aliphatic carbocycles. The lowest BCUT2D eigenvalue weighted by Gasteiger charge is -2.08. The fraction of sp³-hybridized carbons (Fsp3) is 0.0400. The molecule has 0 bridgehead atoms. The van der Waals surface area contributed by atoms with E-state index in [0.29, 0.717) is 33.8 Å². The zero-order chi connectivity index (χ0) is 23.8. The van der Waals surface area contributed by atoms with Crippen LogP contribution in [-0.4, -0.2) is 21.8 Å². The van der Waals surface area contributed by atoms with E-state index in [0.717, 1.165) is 19.0 Å². The molecule has 0 aliphatic rings. The molecule has 34 heavy (non-hydrogen) atoms. The number of carbonyl (C=O) groups is 1. The number of rotatable bonds is 4. The van der Waals surface area contributed by atoms with Crippen LogP contribution in [0.2, 0.25) is 0 Å². The second-order valence-corrected chi connectivity index (χ2v) is 9.47. The Morgan fingerprint density at radius 3 is 2.76 bits per heavy atom. The molecule has 0 spiro atoms. The summed E-state index contributed by atoms with van der Waals surface area (Å²) in [6.07, 6.45) is 1.56. The van der Waals surface area contributed by atoms with Gasteiger partial charge in [0, 0.05) is 16.8 Å². The van der Waals surface area contributed by atoms with Crippen LogP contribution < -0.4 is 10.3 Å². The van der Waals surface area contributed by atoms with Crippen molar-refractivity contribution < 1.29 is 13.9 Å². The Labute approximate surface area is 215 Å². The van der Waals surface area contributed by atoms with Crippen molar-refractivity contribution in [3.8, 4) is 17.3 Å². The number of hydrogen-bond acceptors (Lipinski definition) is 6. The van der Waals surface area contributed by atoms with Gasteiger partial charge in [-0.15, -0.1) is 0 Å². The molecule has 7 nitrogen and oxygen atoms in total. The van der Waals surface area contributed by atoms with E-state index in [1.165, 1.54) is 11.6 Å². The molecule has 2 aromatic heterocycles. The minimum absolute atomic E-state index is 0.290. The highest BCUT2D eigenvalue weighted by Gasteiger charge is 2.16. The summed E-state index contributed by atoms with van der Waals surface area (Å²) in [6.45, 7) is 1.35. The molecule has 0 atom stereocenters. The van der Waals surface area contributed by atoms with Crippen LogP contribution in [0, 0.1) is 3.57 Å². The van der Waals surface area contributed by atoms with Gasteiger partial charge in [-0.05, 0) is 82.8 Å². The minimum atomic E-state index is -0.393. The summed E-state index contributed by atoms with van der Waals surface area (Å²) in [5.41, 5.74) is 1.63. The third kappa shape index (κ3) is 4.40. The van der Waals surface area contributed by atoms with Gasteiger partial charge in [-0.25, -0.2) is 4.98 Å². The van der Waals surface area contributed by atoms with Gasteiger partial charge in [-0.3, -0.25) is 9.59 Å². The summed E-state index contributed by atoms with van der Waals surface area (Å²) in [5.74, 6) is 0.783. The lowest BCUT2D eigenvalue weighted by Crippen LogP contribution is -2.20. The highest BCUT2D eigenvalue weighted by Crippen LogP contribution is 2.29. The second kappa shape index (κ2) is 9.15. The highest BCUT2D eigenvalue weighted by molar-refractivity contribution is 14.1. The number of hydrogen-bond donors (Lipinski definition) is 0. The van der Waals surface area contributed by atoms with Gasteiger partial charge in [-0.1, -0.05) is 28.1 Å². The second-order valence-electron chi connectivity index (χ2n) is 7.39. The Hall–Kier alpha value is -3.31. The van der Waals surface area contributed by atoms with Crippen LogP contribution in [-0.2, 0) is 4.79 Å². The average Bonchev–Trinajstić information content (AvgIpc) is 3.23. The van der Waals surface area contributed by atoms with E-state index in [1.54, 1.807) is 42.6 Å². The van der Waals surface area contributed by atoms with Crippen LogP contribution in [0.3, 0.4) is 0 Å². The standard InChI is InChI=1S/C25H15BrIN3O4/c1-14(31)33-22-8-6-15(10-19(22)27)13-28-30-24(29-20-5-3-2-4-18(20)25(30)32)23-12-16-11-17(26)7-9-21(16)34-23/h2-13H,1H3. The van der Waals surface area contributed by atoms with Crippen molar-refractivity contribution in [2.75, 3.05) is 0 Å². The average molecular weight is 628 g/mol. The van der Waals surface area contributed by atoms with Gasteiger partial charge in [0.2, 0.25) is 5.82 Å². The van der Waals surface area contributed by atoms with Crippen LogP contribution in [0.1, 0.15) is 12.5 Å². The van der Waals surface area contributed by atoms with E-state index in [9.17, 15) is 9.59 Å². The van der Waals surface area contributed by atoms with Gasteiger partial charge in [0.25, 0.3) is 5.56 Å². The summed E-state index contributed by atoms with van der Waals surface area (Å²) in [4.78, 5) is 29.3. The lowest BCUT2D eigenvalue weighted by molar-refractivity contribution is -0.131. The number of carbonyl (C=O) groups excluding carboxylic acids is 1. The SMILES string of the molecule is CC(=O)Oc1ccc(C=Nn2c(-c3cc4cc(Br)ccc4o3)nc3ccccc3c2=O)cc1I. The number of esters is 1. The van der Waals surface area contributed by atoms with Gasteiger partial charge in [0.1, 0.15) is 11.3 Å². The van der Waals surface area contributed by atoms with Crippen molar-refractivity contribution in [3.63, 3.8) is 0 Å². The van der Waals surface area contributed by atoms with E-state index in [4.69, 9.17) is 9.15 Å². The van der Waals surface area contributed by atoms with Gasteiger partial charge in [0.05, 0.1) is 20.7 Å². The summed E-state index contributed by atoms with van der Waals surface area (Å²) in [5, 5.41) is 5.78. The first kappa shape index (κ1) is 22.5. The number of aromatic nitrogens is 2. The molecule has 5 rings (SSSR count). The lowest BCUT2D eigenvalue weighted by atomic mass is 10.2. The molecule has 3 aromatic carbocycles. The molecule has 0 unspecified atom stereocenters. The van der Waals surface area contributed by atoms with Crippen molar-refractivity contribution in [1.29, 1.82) is 0 Å². The quantitative estimate of drug-likeness (QED) is 0.106. The molecule has 5 aromatic rings. The molecule has 0 amide bonds. The number of benzene rings is 3. The van der Waals surface area contributed by atoms with Crippen molar-refractivity contribution in [2.45, 2.75) is 6.92 Å². The number of halogens is 2. The molecule has 0 saturated carbocycles. The Kier molecular flexibility index (Phi) is 6.05. The van der Waals surface area contributed by atoms with Gasteiger partial charge in [-0.2, -0.15) is 9.78 Å². The van der Waals surface area contributed by atoms with Crippen molar-refractivity contribution >= 4 is 72.6 Å². The Bertz CT molecular complexity index is 1670. The van der Waals surface area contributed by atoms with Gasteiger partial charge < -0.3 is 9.15 Å². The third-order valence-electron chi connectivity index (χ3n) is 4.98. The fourth-order valence-electron chi connectivity index (χ4n) is 3.47. The molecule has 0 saturated heterocycles. The predicted octanol–water partition coefficient (Wildman–Crippen LogP) is 5.98. The van der Waals surface area contributed by atoms with Crippen molar-refractivity contribution in [3.05, 3.63) is 90.7 Å².